The largest absolute Gasteiger partial charge is 0.493 e. The molecule has 2 aromatic carbocycles. The van der Waals surface area contributed by atoms with Gasteiger partial charge in [-0.1, -0.05) is 54.2 Å². The van der Waals surface area contributed by atoms with Crippen molar-refractivity contribution in [3.8, 4) is 11.5 Å². The van der Waals surface area contributed by atoms with Gasteiger partial charge in [0.15, 0.2) is 11.5 Å². The van der Waals surface area contributed by atoms with Crippen LogP contribution in [0.2, 0.25) is 0 Å². The first-order chi connectivity index (χ1) is 16.1. The van der Waals surface area contributed by atoms with Crippen LogP contribution >= 0.6 is 23.1 Å². The summed E-state index contributed by atoms with van der Waals surface area (Å²) < 4.78 is 11.5. The van der Waals surface area contributed by atoms with Crippen LogP contribution in [0.3, 0.4) is 0 Å². The fourth-order valence-corrected chi connectivity index (χ4v) is 4.97. The number of carbonyl (C=O) groups is 2. The molecule has 33 heavy (non-hydrogen) atoms. The maximum atomic E-state index is 11.7. The van der Waals surface area contributed by atoms with Crippen LogP contribution in [0.25, 0.3) is 12.2 Å². The molecular formula is C25H24N2O4S2. The van der Waals surface area contributed by atoms with Crippen LogP contribution in [0.4, 0.5) is 4.79 Å². The Bertz CT molecular complexity index is 1140. The standard InChI is InChI=1S/C25H24N2O4S2/c1-30-21-14-18(8-5-9-22-24(28)27-25(29)33-22)10-12-20(21)31-15-19-16-32-23(26-19)13-11-17-6-3-2-4-7-17/h2-4,6-7,10-14,16,22H,5,8-9,15H2,1H3,(H,27,28,29). The lowest BCUT2D eigenvalue weighted by Gasteiger charge is -2.12. The Morgan fingerprint density at radius 2 is 1.94 bits per heavy atom. The Morgan fingerprint density at radius 3 is 2.70 bits per heavy atom. The minimum atomic E-state index is -0.285. The first-order valence-corrected chi connectivity index (χ1v) is 12.4. The second-order valence-corrected chi connectivity index (χ2v) is 9.54. The van der Waals surface area contributed by atoms with Crippen molar-refractivity contribution < 1.29 is 19.1 Å². The molecule has 0 aliphatic carbocycles. The molecular weight excluding hydrogens is 456 g/mol. The summed E-state index contributed by atoms with van der Waals surface area (Å²) in [4.78, 5) is 27.5. The topological polar surface area (TPSA) is 77.5 Å². The van der Waals surface area contributed by atoms with E-state index in [9.17, 15) is 9.59 Å². The zero-order valence-electron chi connectivity index (χ0n) is 18.2. The number of hydrogen-bond acceptors (Lipinski definition) is 7. The van der Waals surface area contributed by atoms with Crippen LogP contribution in [-0.2, 0) is 17.8 Å². The zero-order valence-corrected chi connectivity index (χ0v) is 19.8. The van der Waals surface area contributed by atoms with Crippen molar-refractivity contribution >= 4 is 46.4 Å². The van der Waals surface area contributed by atoms with Crippen molar-refractivity contribution in [3.05, 3.63) is 75.7 Å². The second kappa shape index (κ2) is 11.2. The molecule has 1 N–H and O–H groups in total. The average molecular weight is 481 g/mol. The van der Waals surface area contributed by atoms with Gasteiger partial charge in [0, 0.05) is 5.38 Å². The van der Waals surface area contributed by atoms with Gasteiger partial charge >= 0.3 is 0 Å². The number of thioether (sulfide) groups is 1. The molecule has 8 heteroatoms. The highest BCUT2D eigenvalue weighted by Gasteiger charge is 2.30. The van der Waals surface area contributed by atoms with E-state index in [1.54, 1.807) is 18.4 Å². The van der Waals surface area contributed by atoms with Crippen LogP contribution < -0.4 is 14.8 Å². The van der Waals surface area contributed by atoms with Gasteiger partial charge in [0.1, 0.15) is 11.6 Å². The van der Waals surface area contributed by atoms with E-state index in [1.165, 1.54) is 0 Å². The number of imide groups is 1. The molecule has 1 aromatic heterocycles. The van der Waals surface area contributed by atoms with E-state index in [0.29, 0.717) is 24.5 Å². The highest BCUT2D eigenvalue weighted by atomic mass is 32.2. The minimum absolute atomic E-state index is 0.188. The molecule has 170 valence electrons. The van der Waals surface area contributed by atoms with Crippen molar-refractivity contribution in [2.45, 2.75) is 31.1 Å². The van der Waals surface area contributed by atoms with Gasteiger partial charge in [0.05, 0.1) is 18.1 Å². The quantitative estimate of drug-likeness (QED) is 0.408. The lowest BCUT2D eigenvalue weighted by atomic mass is 10.1. The third kappa shape index (κ3) is 6.46. The number of thiazole rings is 1. The summed E-state index contributed by atoms with van der Waals surface area (Å²) in [6, 6.07) is 16.0. The number of hydrogen-bond donors (Lipinski definition) is 1. The number of ether oxygens (including phenoxy) is 2. The molecule has 1 aliphatic heterocycles. The normalized spacial score (nSPS) is 15.7. The van der Waals surface area contributed by atoms with E-state index in [0.717, 1.165) is 46.4 Å². The highest BCUT2D eigenvalue weighted by molar-refractivity contribution is 8.15. The maximum absolute atomic E-state index is 11.7. The fourth-order valence-electron chi connectivity index (χ4n) is 3.41. The van der Waals surface area contributed by atoms with E-state index in [2.05, 4.69) is 22.4 Å². The SMILES string of the molecule is COc1cc(CCCC2SC(=O)NC2=O)ccc1OCc1csc(C=Cc2ccccc2)n1. The van der Waals surface area contributed by atoms with Gasteiger partial charge in [0.25, 0.3) is 5.24 Å². The fraction of sp³-hybridized carbons (Fsp3) is 0.240. The minimum Gasteiger partial charge on any atom is -0.493 e. The number of aryl methyl sites for hydroxylation is 1. The number of nitrogens with one attached hydrogen (secondary N) is 1. The Labute approximate surface area is 201 Å². The Morgan fingerprint density at radius 1 is 1.09 bits per heavy atom. The van der Waals surface area contributed by atoms with Gasteiger partial charge in [-0.05, 0) is 48.6 Å². The number of benzene rings is 2. The smallest absolute Gasteiger partial charge is 0.286 e. The van der Waals surface area contributed by atoms with Gasteiger partial charge in [0.2, 0.25) is 5.91 Å². The van der Waals surface area contributed by atoms with E-state index in [1.807, 2.05) is 53.9 Å². The summed E-state index contributed by atoms with van der Waals surface area (Å²) in [5, 5.41) is 4.70. The first kappa shape index (κ1) is 23.1. The lowest BCUT2D eigenvalue weighted by molar-refractivity contribution is -0.119. The van der Waals surface area contributed by atoms with Crippen LogP contribution in [0.1, 0.15) is 34.7 Å². The Kier molecular flexibility index (Phi) is 7.80. The van der Waals surface area contributed by atoms with E-state index in [-0.39, 0.29) is 16.4 Å². The van der Waals surface area contributed by atoms with Gasteiger partial charge in [-0.3, -0.25) is 14.9 Å². The van der Waals surface area contributed by atoms with Crippen LogP contribution in [0.5, 0.6) is 11.5 Å². The molecule has 1 saturated heterocycles. The van der Waals surface area contributed by atoms with Crippen LogP contribution in [-0.4, -0.2) is 28.5 Å². The molecule has 1 aliphatic rings. The van der Waals surface area contributed by atoms with E-state index in [4.69, 9.17) is 9.47 Å². The third-order valence-corrected chi connectivity index (χ3v) is 7.00. The molecule has 3 aromatic rings. The summed E-state index contributed by atoms with van der Waals surface area (Å²) in [5.74, 6) is 1.13. The summed E-state index contributed by atoms with van der Waals surface area (Å²) >= 11 is 2.65. The van der Waals surface area contributed by atoms with Crippen molar-refractivity contribution in [2.75, 3.05) is 7.11 Å². The third-order valence-electron chi connectivity index (χ3n) is 5.09. The molecule has 1 fully saturated rings. The van der Waals surface area contributed by atoms with Gasteiger partial charge in [-0.15, -0.1) is 11.3 Å². The van der Waals surface area contributed by atoms with Gasteiger partial charge < -0.3 is 9.47 Å². The predicted molar refractivity (Wildman–Crippen MR) is 133 cm³/mol. The summed E-state index contributed by atoms with van der Waals surface area (Å²) in [6.07, 6.45) is 6.30. The highest BCUT2D eigenvalue weighted by Crippen LogP contribution is 2.30. The Hall–Kier alpha value is -3.10. The molecule has 0 radical (unpaired) electrons. The van der Waals surface area contributed by atoms with Crippen LogP contribution in [0.15, 0.2) is 53.9 Å². The molecule has 1 unspecified atom stereocenters. The number of aromatic nitrogens is 1. The van der Waals surface area contributed by atoms with E-state index < -0.39 is 0 Å². The predicted octanol–water partition coefficient (Wildman–Crippen LogP) is 5.58. The summed E-state index contributed by atoms with van der Waals surface area (Å²) in [7, 11) is 1.62. The van der Waals surface area contributed by atoms with Crippen molar-refractivity contribution in [2.24, 2.45) is 0 Å². The monoisotopic (exact) mass is 480 g/mol. The number of amides is 2. The number of nitrogens with zero attached hydrogens (tertiary/aromatic N) is 1. The van der Waals surface area contributed by atoms with Crippen LogP contribution in [0, 0.1) is 0 Å². The van der Waals surface area contributed by atoms with Gasteiger partial charge in [-0.25, -0.2) is 4.98 Å². The van der Waals surface area contributed by atoms with Crippen molar-refractivity contribution in [1.29, 1.82) is 0 Å². The molecule has 2 amide bonds. The molecule has 0 spiro atoms. The number of carbonyl (C=O) groups excluding carboxylic acids is 2. The molecule has 1 atom stereocenters. The van der Waals surface area contributed by atoms with Crippen molar-refractivity contribution in [3.63, 3.8) is 0 Å². The number of rotatable bonds is 10. The number of methoxy groups -OCH3 is 1. The Balaban J connectivity index is 1.29. The van der Waals surface area contributed by atoms with E-state index >= 15 is 0 Å². The lowest BCUT2D eigenvalue weighted by Crippen LogP contribution is -2.24. The molecule has 0 saturated carbocycles. The zero-order chi connectivity index (χ0) is 23.0. The van der Waals surface area contributed by atoms with Crippen molar-refractivity contribution in [1.82, 2.24) is 10.3 Å². The first-order valence-electron chi connectivity index (χ1n) is 10.6. The molecule has 0 bridgehead atoms. The maximum Gasteiger partial charge on any atom is 0.286 e. The van der Waals surface area contributed by atoms with Gasteiger partial charge in [-0.2, -0.15) is 0 Å². The molecule has 6 nitrogen and oxygen atoms in total. The summed E-state index contributed by atoms with van der Waals surface area (Å²) in [5.41, 5.74) is 3.09. The molecule has 2 heterocycles. The average Bonchev–Trinajstić information content (AvgIpc) is 3.42. The molecule has 4 rings (SSSR count). The summed E-state index contributed by atoms with van der Waals surface area (Å²) in [6.45, 7) is 0.355. The second-order valence-electron chi connectivity index (χ2n) is 7.47.